The summed E-state index contributed by atoms with van der Waals surface area (Å²) in [4.78, 5) is 17.6. The molecule has 0 atom stereocenters. The zero-order valence-electron chi connectivity index (χ0n) is 17.4. The first-order valence-electron chi connectivity index (χ1n) is 10.3. The summed E-state index contributed by atoms with van der Waals surface area (Å²) in [6, 6.07) is 22.5. The number of halogens is 1. The molecule has 0 saturated heterocycles. The van der Waals surface area contributed by atoms with Gasteiger partial charge in [0.1, 0.15) is 0 Å². The van der Waals surface area contributed by atoms with Crippen LogP contribution >= 0.6 is 35.1 Å². The van der Waals surface area contributed by atoms with Crippen molar-refractivity contribution in [2.75, 3.05) is 30.0 Å². The second kappa shape index (κ2) is 10.5. The van der Waals surface area contributed by atoms with Crippen molar-refractivity contribution in [3.8, 4) is 0 Å². The second-order valence-electron chi connectivity index (χ2n) is 7.43. The fraction of sp³-hybridized carbons (Fsp3) is 0.240. The first-order valence-corrected chi connectivity index (χ1v) is 12.9. The number of fused-ring (bicyclic) bond motifs is 1. The van der Waals surface area contributed by atoms with Crippen LogP contribution in [0.15, 0.2) is 76.5 Å². The zero-order chi connectivity index (χ0) is 21.6. The molecule has 1 amide bonds. The fourth-order valence-electron chi connectivity index (χ4n) is 3.60. The lowest BCUT2D eigenvalue weighted by molar-refractivity contribution is 0.0954. The van der Waals surface area contributed by atoms with Gasteiger partial charge in [0, 0.05) is 45.8 Å². The molecule has 0 bridgehead atoms. The number of benzene rings is 3. The van der Waals surface area contributed by atoms with Crippen molar-refractivity contribution in [3.05, 3.63) is 88.4 Å². The number of hydrogen-bond donors (Lipinski definition) is 1. The third-order valence-corrected chi connectivity index (χ3v) is 7.36. The van der Waals surface area contributed by atoms with E-state index in [1.165, 1.54) is 20.9 Å². The molecule has 0 unspecified atom stereocenters. The van der Waals surface area contributed by atoms with Gasteiger partial charge in [-0.1, -0.05) is 35.9 Å². The van der Waals surface area contributed by atoms with E-state index in [0.717, 1.165) is 36.0 Å². The van der Waals surface area contributed by atoms with Crippen molar-refractivity contribution in [2.24, 2.45) is 0 Å². The normalized spacial score (nSPS) is 13.0. The second-order valence-corrected chi connectivity index (χ2v) is 9.89. The average molecular weight is 469 g/mol. The van der Waals surface area contributed by atoms with Crippen LogP contribution in [0.4, 0.5) is 5.69 Å². The number of nitrogens with one attached hydrogen (secondary N) is 1. The molecule has 0 aromatic heterocycles. The molecule has 1 N–H and O–H groups in total. The highest BCUT2D eigenvalue weighted by molar-refractivity contribution is 7.99. The van der Waals surface area contributed by atoms with Crippen LogP contribution in [0.3, 0.4) is 0 Å². The molecular weight excluding hydrogens is 444 g/mol. The largest absolute Gasteiger partial charge is 0.365 e. The fourth-order valence-corrected chi connectivity index (χ4v) is 5.17. The van der Waals surface area contributed by atoms with Gasteiger partial charge in [0.25, 0.3) is 5.91 Å². The van der Waals surface area contributed by atoms with E-state index in [1.807, 2.05) is 36.0 Å². The van der Waals surface area contributed by atoms with Crippen LogP contribution in [0.25, 0.3) is 0 Å². The maximum Gasteiger partial charge on any atom is 0.251 e. The minimum Gasteiger partial charge on any atom is -0.365 e. The molecule has 1 heterocycles. The predicted molar refractivity (Wildman–Crippen MR) is 134 cm³/mol. The van der Waals surface area contributed by atoms with Gasteiger partial charge in [-0.3, -0.25) is 4.79 Å². The van der Waals surface area contributed by atoms with Gasteiger partial charge in [0.15, 0.2) is 0 Å². The van der Waals surface area contributed by atoms with Crippen LogP contribution in [0, 0.1) is 0 Å². The van der Waals surface area contributed by atoms with Gasteiger partial charge in [0.2, 0.25) is 0 Å². The van der Waals surface area contributed by atoms with Crippen molar-refractivity contribution in [3.63, 3.8) is 0 Å². The van der Waals surface area contributed by atoms with Crippen LogP contribution in [0.1, 0.15) is 21.5 Å². The molecule has 3 aromatic rings. The standard InChI is InChI=1S/C25H25ClN2OS2/c1-30-22-9-4-18(5-10-22)12-13-27-25(29)20-6-11-24-23(16-20)28(14-15-31-24)17-19-2-7-21(26)8-3-19/h2-11,16H,12-15,17H2,1H3,(H,27,29). The summed E-state index contributed by atoms with van der Waals surface area (Å²) < 4.78 is 0. The van der Waals surface area contributed by atoms with Crippen molar-refractivity contribution in [1.82, 2.24) is 5.32 Å². The molecule has 0 fully saturated rings. The highest BCUT2D eigenvalue weighted by Crippen LogP contribution is 2.36. The van der Waals surface area contributed by atoms with Crippen molar-refractivity contribution in [2.45, 2.75) is 22.8 Å². The van der Waals surface area contributed by atoms with Crippen LogP contribution < -0.4 is 10.2 Å². The van der Waals surface area contributed by atoms with Gasteiger partial charge in [-0.25, -0.2) is 0 Å². The minimum absolute atomic E-state index is 0.0226. The number of hydrogen-bond acceptors (Lipinski definition) is 4. The zero-order valence-corrected chi connectivity index (χ0v) is 19.8. The smallest absolute Gasteiger partial charge is 0.251 e. The summed E-state index contributed by atoms with van der Waals surface area (Å²) in [5.74, 6) is 1.02. The Balaban J connectivity index is 1.40. The molecule has 0 aliphatic carbocycles. The van der Waals surface area contributed by atoms with Crippen LogP contribution in [0.2, 0.25) is 5.02 Å². The molecule has 3 aromatic carbocycles. The molecule has 160 valence electrons. The summed E-state index contributed by atoms with van der Waals surface area (Å²) in [5.41, 5.74) is 4.28. The summed E-state index contributed by atoms with van der Waals surface area (Å²) in [7, 11) is 0. The third kappa shape index (κ3) is 5.79. The highest BCUT2D eigenvalue weighted by Gasteiger charge is 2.19. The molecule has 4 rings (SSSR count). The van der Waals surface area contributed by atoms with Gasteiger partial charge in [0.05, 0.1) is 5.69 Å². The summed E-state index contributed by atoms with van der Waals surface area (Å²) >= 11 is 9.61. The lowest BCUT2D eigenvalue weighted by atomic mass is 10.1. The molecule has 31 heavy (non-hydrogen) atoms. The number of thioether (sulfide) groups is 2. The van der Waals surface area contributed by atoms with E-state index < -0.39 is 0 Å². The number of carbonyl (C=O) groups is 1. The van der Waals surface area contributed by atoms with E-state index in [-0.39, 0.29) is 5.91 Å². The first-order chi connectivity index (χ1) is 15.1. The molecule has 1 aliphatic heterocycles. The number of anilines is 1. The SMILES string of the molecule is CSc1ccc(CCNC(=O)c2ccc3c(c2)N(Cc2ccc(Cl)cc2)CCS3)cc1. The van der Waals surface area contributed by atoms with Gasteiger partial charge >= 0.3 is 0 Å². The highest BCUT2D eigenvalue weighted by atomic mass is 35.5. The quantitative estimate of drug-likeness (QED) is 0.421. The third-order valence-electron chi connectivity index (χ3n) is 5.33. The maximum absolute atomic E-state index is 12.8. The van der Waals surface area contributed by atoms with E-state index in [0.29, 0.717) is 12.1 Å². The van der Waals surface area contributed by atoms with E-state index in [9.17, 15) is 4.79 Å². The van der Waals surface area contributed by atoms with E-state index in [1.54, 1.807) is 11.8 Å². The molecule has 0 spiro atoms. The van der Waals surface area contributed by atoms with E-state index >= 15 is 0 Å². The molecule has 6 heteroatoms. The lowest BCUT2D eigenvalue weighted by Gasteiger charge is -2.31. The summed E-state index contributed by atoms with van der Waals surface area (Å²) in [5, 5.41) is 3.82. The molecule has 0 saturated carbocycles. The Bertz CT molecular complexity index is 1040. The van der Waals surface area contributed by atoms with Gasteiger partial charge in [-0.05, 0) is 66.3 Å². The van der Waals surface area contributed by atoms with Crippen molar-refractivity contribution >= 4 is 46.7 Å². The average Bonchev–Trinajstić information content (AvgIpc) is 2.81. The van der Waals surface area contributed by atoms with Crippen LogP contribution in [-0.4, -0.2) is 31.0 Å². The van der Waals surface area contributed by atoms with E-state index in [4.69, 9.17) is 11.6 Å². The van der Waals surface area contributed by atoms with Gasteiger partial charge < -0.3 is 10.2 Å². The van der Waals surface area contributed by atoms with E-state index in [2.05, 4.69) is 58.9 Å². The first kappa shape index (κ1) is 22.1. The molecule has 1 aliphatic rings. The Kier molecular flexibility index (Phi) is 7.49. The van der Waals surface area contributed by atoms with Gasteiger partial charge in [-0.2, -0.15) is 0 Å². The number of nitrogens with zero attached hydrogens (tertiary/aromatic N) is 1. The molecular formula is C25H25ClN2OS2. The molecule has 3 nitrogen and oxygen atoms in total. The van der Waals surface area contributed by atoms with Crippen LogP contribution in [-0.2, 0) is 13.0 Å². The van der Waals surface area contributed by atoms with Crippen molar-refractivity contribution in [1.29, 1.82) is 0 Å². The Labute approximate surface area is 197 Å². The Hall–Kier alpha value is -2.08. The Morgan fingerprint density at radius 1 is 1.06 bits per heavy atom. The van der Waals surface area contributed by atoms with Crippen molar-refractivity contribution < 1.29 is 4.79 Å². The Morgan fingerprint density at radius 2 is 1.81 bits per heavy atom. The summed E-state index contributed by atoms with van der Waals surface area (Å²) in [6.45, 7) is 2.39. The Morgan fingerprint density at radius 3 is 2.55 bits per heavy atom. The number of amides is 1. The van der Waals surface area contributed by atoms with Gasteiger partial charge in [-0.15, -0.1) is 23.5 Å². The number of rotatable bonds is 7. The molecule has 0 radical (unpaired) electrons. The lowest BCUT2D eigenvalue weighted by Crippen LogP contribution is -2.30. The topological polar surface area (TPSA) is 32.3 Å². The predicted octanol–water partition coefficient (Wildman–Crippen LogP) is 6.15. The maximum atomic E-state index is 12.8. The summed E-state index contributed by atoms with van der Waals surface area (Å²) in [6.07, 6.45) is 2.90. The number of carbonyl (C=O) groups excluding carboxylic acids is 1. The minimum atomic E-state index is -0.0226. The van der Waals surface area contributed by atoms with Crippen LogP contribution in [0.5, 0.6) is 0 Å². The monoisotopic (exact) mass is 468 g/mol.